The van der Waals surface area contributed by atoms with Crippen LogP contribution in [0.15, 0.2) is 54.8 Å². The zero-order chi connectivity index (χ0) is 15.2. The van der Waals surface area contributed by atoms with Crippen LogP contribution in [0.5, 0.6) is 0 Å². The monoisotopic (exact) mass is 297 g/mol. The molecule has 0 aliphatic carbocycles. The van der Waals surface area contributed by atoms with Gasteiger partial charge in [0.2, 0.25) is 0 Å². The second-order valence-electron chi connectivity index (χ2n) is 5.85. The van der Waals surface area contributed by atoms with Crippen LogP contribution in [0.4, 0.5) is 0 Å². The number of aryl methyl sites for hydroxylation is 1. The van der Waals surface area contributed by atoms with E-state index in [1.807, 2.05) is 18.3 Å². The highest BCUT2D eigenvalue weighted by molar-refractivity contribution is 5.15. The second kappa shape index (κ2) is 7.16. The quantitative estimate of drug-likeness (QED) is 0.829. The molecule has 2 N–H and O–H groups in total. The predicted molar refractivity (Wildman–Crippen MR) is 87.6 cm³/mol. The van der Waals surface area contributed by atoms with Crippen LogP contribution in [0, 0.1) is 0 Å². The summed E-state index contributed by atoms with van der Waals surface area (Å²) < 4.78 is 0. The Bertz CT molecular complexity index is 584. The van der Waals surface area contributed by atoms with Gasteiger partial charge in [-0.25, -0.2) is 4.98 Å². The Labute approximate surface area is 131 Å². The molecule has 1 saturated heterocycles. The average Bonchev–Trinajstić information content (AvgIpc) is 3.10. The number of piperidine rings is 1. The second-order valence-corrected chi connectivity index (χ2v) is 5.85. The van der Waals surface area contributed by atoms with E-state index in [0.29, 0.717) is 11.8 Å². The SMILES string of the molecule is OC(=CCCc1ccccc1)N1CCC(c2cnc[nH]2)CC1. The van der Waals surface area contributed by atoms with Gasteiger partial charge in [0.25, 0.3) is 0 Å². The zero-order valence-electron chi connectivity index (χ0n) is 12.8. The number of aromatic nitrogens is 2. The van der Waals surface area contributed by atoms with E-state index in [1.165, 1.54) is 11.3 Å². The van der Waals surface area contributed by atoms with Crippen LogP contribution < -0.4 is 0 Å². The largest absolute Gasteiger partial charge is 0.495 e. The van der Waals surface area contributed by atoms with Gasteiger partial charge in [-0.15, -0.1) is 0 Å². The van der Waals surface area contributed by atoms with Gasteiger partial charge in [-0.3, -0.25) is 0 Å². The number of likely N-dealkylation sites (tertiary alicyclic amines) is 1. The van der Waals surface area contributed by atoms with Crippen LogP contribution in [-0.2, 0) is 6.42 Å². The van der Waals surface area contributed by atoms with Crippen LogP contribution in [0.2, 0.25) is 0 Å². The number of aromatic amines is 1. The van der Waals surface area contributed by atoms with Gasteiger partial charge in [0.15, 0.2) is 5.88 Å². The molecule has 0 atom stereocenters. The lowest BCUT2D eigenvalue weighted by molar-refractivity contribution is 0.163. The Morgan fingerprint density at radius 2 is 2.05 bits per heavy atom. The number of imidazole rings is 1. The summed E-state index contributed by atoms with van der Waals surface area (Å²) in [5.41, 5.74) is 2.52. The lowest BCUT2D eigenvalue weighted by atomic mass is 9.94. The van der Waals surface area contributed by atoms with Crippen LogP contribution in [-0.4, -0.2) is 33.1 Å². The molecule has 22 heavy (non-hydrogen) atoms. The molecule has 2 heterocycles. The van der Waals surface area contributed by atoms with Crippen LogP contribution in [0.3, 0.4) is 0 Å². The maximum Gasteiger partial charge on any atom is 0.182 e. The van der Waals surface area contributed by atoms with Crippen molar-refractivity contribution < 1.29 is 5.11 Å². The van der Waals surface area contributed by atoms with E-state index in [-0.39, 0.29) is 0 Å². The van der Waals surface area contributed by atoms with Crippen LogP contribution >= 0.6 is 0 Å². The molecule has 0 unspecified atom stereocenters. The average molecular weight is 297 g/mol. The fourth-order valence-electron chi connectivity index (χ4n) is 3.05. The number of aliphatic hydroxyl groups excluding tert-OH is 1. The Kier molecular flexibility index (Phi) is 4.78. The molecule has 4 heteroatoms. The van der Waals surface area contributed by atoms with Gasteiger partial charge < -0.3 is 15.0 Å². The highest BCUT2D eigenvalue weighted by Crippen LogP contribution is 2.27. The number of allylic oxidation sites excluding steroid dienone is 1. The van der Waals surface area contributed by atoms with Crippen LogP contribution in [0.1, 0.15) is 36.4 Å². The topological polar surface area (TPSA) is 52.1 Å². The molecule has 3 rings (SSSR count). The number of rotatable bonds is 5. The molecule has 2 aromatic rings. The smallest absolute Gasteiger partial charge is 0.182 e. The van der Waals surface area contributed by atoms with Crippen molar-refractivity contribution in [2.24, 2.45) is 0 Å². The molecule has 1 aliphatic heterocycles. The third kappa shape index (κ3) is 3.70. The minimum Gasteiger partial charge on any atom is -0.495 e. The molecule has 1 aromatic carbocycles. The molecule has 0 bridgehead atoms. The minimum absolute atomic E-state index is 0.430. The van der Waals surface area contributed by atoms with Crippen molar-refractivity contribution in [2.45, 2.75) is 31.6 Å². The van der Waals surface area contributed by atoms with Crippen molar-refractivity contribution in [2.75, 3.05) is 13.1 Å². The van der Waals surface area contributed by atoms with E-state index in [1.54, 1.807) is 6.33 Å². The zero-order valence-corrected chi connectivity index (χ0v) is 12.8. The summed E-state index contributed by atoms with van der Waals surface area (Å²) in [5.74, 6) is 0.967. The highest BCUT2D eigenvalue weighted by Gasteiger charge is 2.22. The van der Waals surface area contributed by atoms with E-state index < -0.39 is 0 Å². The summed E-state index contributed by atoms with van der Waals surface area (Å²) in [6.07, 6.45) is 9.55. The predicted octanol–water partition coefficient (Wildman–Crippen LogP) is 3.62. The first-order chi connectivity index (χ1) is 10.8. The van der Waals surface area contributed by atoms with Gasteiger partial charge in [0.05, 0.1) is 6.33 Å². The van der Waals surface area contributed by atoms with E-state index >= 15 is 0 Å². The summed E-state index contributed by atoms with van der Waals surface area (Å²) in [6.45, 7) is 1.80. The number of nitrogens with one attached hydrogen (secondary N) is 1. The molecule has 4 nitrogen and oxygen atoms in total. The summed E-state index contributed by atoms with van der Waals surface area (Å²) in [5, 5.41) is 10.2. The summed E-state index contributed by atoms with van der Waals surface area (Å²) in [7, 11) is 0. The molecule has 0 spiro atoms. The van der Waals surface area contributed by atoms with E-state index in [0.717, 1.165) is 38.8 Å². The van der Waals surface area contributed by atoms with E-state index in [9.17, 15) is 5.11 Å². The van der Waals surface area contributed by atoms with Crippen molar-refractivity contribution in [1.29, 1.82) is 0 Å². The minimum atomic E-state index is 0.430. The van der Waals surface area contributed by atoms with Gasteiger partial charge in [0, 0.05) is 30.9 Å². The standard InChI is InChI=1S/C18H23N3O/c22-18(8-4-7-15-5-2-1-3-6-15)21-11-9-16(10-12-21)17-13-19-14-20-17/h1-3,5-6,8,13-14,16,22H,4,7,9-12H2,(H,19,20). The van der Waals surface area contributed by atoms with E-state index in [2.05, 4.69) is 39.1 Å². The molecule has 1 fully saturated rings. The maximum atomic E-state index is 10.2. The van der Waals surface area contributed by atoms with Gasteiger partial charge in [0.1, 0.15) is 0 Å². The number of hydrogen-bond donors (Lipinski definition) is 2. The van der Waals surface area contributed by atoms with Crippen LogP contribution in [0.25, 0.3) is 0 Å². The third-order valence-corrected chi connectivity index (χ3v) is 4.38. The number of aliphatic hydroxyl groups is 1. The molecule has 116 valence electrons. The molecule has 0 radical (unpaired) electrons. The molecule has 0 saturated carbocycles. The fourth-order valence-corrected chi connectivity index (χ4v) is 3.05. The highest BCUT2D eigenvalue weighted by atomic mass is 16.3. The number of benzene rings is 1. The third-order valence-electron chi connectivity index (χ3n) is 4.38. The number of nitrogens with zero attached hydrogens (tertiary/aromatic N) is 2. The Morgan fingerprint density at radius 1 is 1.27 bits per heavy atom. The number of H-pyrrole nitrogens is 1. The Hall–Kier alpha value is -2.23. The van der Waals surface area contributed by atoms with E-state index in [4.69, 9.17) is 0 Å². The first-order valence-corrected chi connectivity index (χ1v) is 7.99. The molecule has 1 aromatic heterocycles. The van der Waals surface area contributed by atoms with Gasteiger partial charge in [-0.05, 0) is 37.3 Å². The molecular formula is C18H23N3O. The lowest BCUT2D eigenvalue weighted by Gasteiger charge is -2.32. The first-order valence-electron chi connectivity index (χ1n) is 7.99. The van der Waals surface area contributed by atoms with Gasteiger partial charge in [-0.2, -0.15) is 0 Å². The van der Waals surface area contributed by atoms with Crippen molar-refractivity contribution in [1.82, 2.24) is 14.9 Å². The fraction of sp³-hybridized carbons (Fsp3) is 0.389. The Morgan fingerprint density at radius 3 is 2.73 bits per heavy atom. The molecule has 0 amide bonds. The lowest BCUT2D eigenvalue weighted by Crippen LogP contribution is -2.32. The summed E-state index contributed by atoms with van der Waals surface area (Å²) in [4.78, 5) is 9.37. The Balaban J connectivity index is 1.47. The summed E-state index contributed by atoms with van der Waals surface area (Å²) in [6, 6.07) is 10.4. The molecular weight excluding hydrogens is 274 g/mol. The number of hydrogen-bond acceptors (Lipinski definition) is 3. The van der Waals surface area contributed by atoms with Gasteiger partial charge in [-0.1, -0.05) is 30.3 Å². The normalized spacial score (nSPS) is 16.9. The van der Waals surface area contributed by atoms with Crippen molar-refractivity contribution in [3.63, 3.8) is 0 Å². The van der Waals surface area contributed by atoms with Crippen molar-refractivity contribution in [3.8, 4) is 0 Å². The maximum absolute atomic E-state index is 10.2. The van der Waals surface area contributed by atoms with Crippen molar-refractivity contribution >= 4 is 0 Å². The van der Waals surface area contributed by atoms with Crippen molar-refractivity contribution in [3.05, 3.63) is 66.1 Å². The molecule has 1 aliphatic rings. The first kappa shape index (κ1) is 14.7. The van der Waals surface area contributed by atoms with Gasteiger partial charge >= 0.3 is 0 Å². The summed E-state index contributed by atoms with van der Waals surface area (Å²) >= 11 is 0.